The van der Waals surface area contributed by atoms with Crippen LogP contribution in [0.5, 0.6) is 5.75 Å². The van der Waals surface area contributed by atoms with Crippen LogP contribution in [-0.4, -0.2) is 22.6 Å². The summed E-state index contributed by atoms with van der Waals surface area (Å²) in [5.41, 5.74) is 1.57. The van der Waals surface area contributed by atoms with Gasteiger partial charge in [-0.2, -0.15) is 0 Å². The smallest absolute Gasteiger partial charge is 0.260 e. The highest BCUT2D eigenvalue weighted by atomic mass is 16.5. The molecule has 2 rings (SSSR count). The fourth-order valence-corrected chi connectivity index (χ4v) is 1.74. The number of aryl methyl sites for hydroxylation is 2. The van der Waals surface area contributed by atoms with E-state index in [1.54, 1.807) is 25.5 Å². The van der Waals surface area contributed by atoms with Gasteiger partial charge in [0.05, 0.1) is 24.6 Å². The lowest BCUT2D eigenvalue weighted by Crippen LogP contribution is -2.21. The minimum Gasteiger partial charge on any atom is -0.496 e. The van der Waals surface area contributed by atoms with Gasteiger partial charge in [-0.15, -0.1) is 0 Å². The molecule has 0 aromatic carbocycles. The van der Waals surface area contributed by atoms with Crippen LogP contribution in [0.25, 0.3) is 0 Å². The van der Waals surface area contributed by atoms with E-state index in [-0.39, 0.29) is 22.8 Å². The summed E-state index contributed by atoms with van der Waals surface area (Å²) < 4.78 is 6.41. The maximum atomic E-state index is 12.3. The summed E-state index contributed by atoms with van der Waals surface area (Å²) >= 11 is 0. The molecule has 0 aliphatic heterocycles. The molecule has 2 aromatic rings. The molecule has 0 aliphatic rings. The van der Waals surface area contributed by atoms with Crippen molar-refractivity contribution in [1.82, 2.24) is 9.55 Å². The summed E-state index contributed by atoms with van der Waals surface area (Å²) in [6, 6.07) is 3.08. The summed E-state index contributed by atoms with van der Waals surface area (Å²) in [6.45, 7) is 1.87. The van der Waals surface area contributed by atoms with E-state index in [9.17, 15) is 9.59 Å². The van der Waals surface area contributed by atoms with Crippen molar-refractivity contribution >= 4 is 11.6 Å². The Hall–Kier alpha value is -2.63. The number of methoxy groups -OCH3 is 1. The Labute approximate surface area is 116 Å². The van der Waals surface area contributed by atoms with Crippen LogP contribution in [0.4, 0.5) is 5.69 Å². The highest BCUT2D eigenvalue weighted by molar-refractivity contribution is 6.06. The third-order valence-corrected chi connectivity index (χ3v) is 2.94. The van der Waals surface area contributed by atoms with Gasteiger partial charge in [-0.25, -0.2) is 0 Å². The number of amides is 1. The Kier molecular flexibility index (Phi) is 3.84. The highest BCUT2D eigenvalue weighted by Crippen LogP contribution is 2.18. The molecule has 0 spiro atoms. The van der Waals surface area contributed by atoms with Crippen LogP contribution >= 0.6 is 0 Å². The third kappa shape index (κ3) is 2.69. The Morgan fingerprint density at radius 2 is 2.20 bits per heavy atom. The predicted octanol–water partition coefficient (Wildman–Crippen LogP) is 1.35. The van der Waals surface area contributed by atoms with E-state index in [1.165, 1.54) is 23.9 Å². The van der Waals surface area contributed by atoms with Crippen molar-refractivity contribution in [3.63, 3.8) is 0 Å². The van der Waals surface area contributed by atoms with Gasteiger partial charge in [0.25, 0.3) is 11.5 Å². The lowest BCUT2D eigenvalue weighted by Gasteiger charge is -2.11. The van der Waals surface area contributed by atoms with E-state index in [2.05, 4.69) is 10.3 Å². The Morgan fingerprint density at radius 1 is 1.45 bits per heavy atom. The molecule has 20 heavy (non-hydrogen) atoms. The first-order valence-electron chi connectivity index (χ1n) is 5.99. The summed E-state index contributed by atoms with van der Waals surface area (Å²) in [4.78, 5) is 27.8. The number of hydrogen-bond acceptors (Lipinski definition) is 4. The monoisotopic (exact) mass is 273 g/mol. The van der Waals surface area contributed by atoms with Crippen molar-refractivity contribution in [2.75, 3.05) is 12.4 Å². The number of pyridine rings is 2. The van der Waals surface area contributed by atoms with Crippen LogP contribution in [0.15, 0.2) is 35.5 Å². The highest BCUT2D eigenvalue weighted by Gasteiger charge is 2.15. The number of hydrogen-bond donors (Lipinski definition) is 1. The molecule has 0 saturated heterocycles. The lowest BCUT2D eigenvalue weighted by atomic mass is 10.2. The van der Waals surface area contributed by atoms with Gasteiger partial charge in [0.2, 0.25) is 0 Å². The van der Waals surface area contributed by atoms with Crippen LogP contribution in [0.3, 0.4) is 0 Å². The van der Waals surface area contributed by atoms with Gasteiger partial charge >= 0.3 is 0 Å². The second-order valence-electron chi connectivity index (χ2n) is 4.35. The molecule has 0 fully saturated rings. The first kappa shape index (κ1) is 13.8. The first-order valence-corrected chi connectivity index (χ1v) is 5.99. The van der Waals surface area contributed by atoms with Gasteiger partial charge in [-0.1, -0.05) is 0 Å². The van der Waals surface area contributed by atoms with Crippen LogP contribution in [-0.2, 0) is 7.05 Å². The zero-order valence-electron chi connectivity index (χ0n) is 11.5. The molecule has 6 heteroatoms. The normalized spacial score (nSPS) is 10.2. The lowest BCUT2D eigenvalue weighted by molar-refractivity contribution is 0.102. The number of carbonyl (C=O) groups excluding carboxylic acids is 1. The quantitative estimate of drug-likeness (QED) is 0.916. The van der Waals surface area contributed by atoms with Gasteiger partial charge in [0, 0.05) is 25.5 Å². The largest absolute Gasteiger partial charge is 0.496 e. The number of rotatable bonds is 3. The molecule has 0 unspecified atom stereocenters. The SMILES string of the molecule is COc1cc(=O)n(C)cc1C(=O)Nc1cnccc1C. The minimum atomic E-state index is -0.353. The molecule has 0 radical (unpaired) electrons. The maximum Gasteiger partial charge on any atom is 0.260 e. The molecule has 1 amide bonds. The number of ether oxygens (including phenoxy) is 1. The van der Waals surface area contributed by atoms with Crippen LogP contribution < -0.4 is 15.6 Å². The average Bonchev–Trinajstić information content (AvgIpc) is 2.43. The fraction of sp³-hybridized carbons (Fsp3) is 0.214. The molecule has 2 aromatic heterocycles. The number of nitrogens with zero attached hydrogens (tertiary/aromatic N) is 2. The molecule has 6 nitrogen and oxygen atoms in total. The Bertz CT molecular complexity index is 707. The average molecular weight is 273 g/mol. The van der Waals surface area contributed by atoms with E-state index < -0.39 is 0 Å². The van der Waals surface area contributed by atoms with Gasteiger partial charge < -0.3 is 14.6 Å². The van der Waals surface area contributed by atoms with Gasteiger partial charge in [-0.05, 0) is 18.6 Å². The number of carbonyl (C=O) groups is 1. The number of aromatic nitrogens is 2. The molecule has 2 heterocycles. The van der Waals surface area contributed by atoms with E-state index >= 15 is 0 Å². The van der Waals surface area contributed by atoms with Crippen LogP contribution in [0.2, 0.25) is 0 Å². The van der Waals surface area contributed by atoms with Crippen LogP contribution in [0.1, 0.15) is 15.9 Å². The van der Waals surface area contributed by atoms with Gasteiger partial charge in [-0.3, -0.25) is 14.6 Å². The zero-order valence-corrected chi connectivity index (χ0v) is 11.5. The first-order chi connectivity index (χ1) is 9.52. The van der Waals surface area contributed by atoms with E-state index in [1.807, 2.05) is 6.92 Å². The van der Waals surface area contributed by atoms with Crippen molar-refractivity contribution in [3.8, 4) is 5.75 Å². The van der Waals surface area contributed by atoms with Crippen molar-refractivity contribution < 1.29 is 9.53 Å². The van der Waals surface area contributed by atoms with Gasteiger partial charge in [0.1, 0.15) is 5.75 Å². The van der Waals surface area contributed by atoms with Crippen molar-refractivity contribution in [3.05, 3.63) is 52.2 Å². The molecular weight excluding hydrogens is 258 g/mol. The Morgan fingerprint density at radius 3 is 2.85 bits per heavy atom. The topological polar surface area (TPSA) is 73.2 Å². The molecule has 0 saturated carbocycles. The van der Waals surface area contributed by atoms with E-state index in [4.69, 9.17) is 4.74 Å². The van der Waals surface area contributed by atoms with Crippen LogP contribution in [0, 0.1) is 6.92 Å². The maximum absolute atomic E-state index is 12.3. The third-order valence-electron chi connectivity index (χ3n) is 2.94. The van der Waals surface area contributed by atoms with Crippen molar-refractivity contribution in [2.24, 2.45) is 7.05 Å². The second-order valence-corrected chi connectivity index (χ2v) is 4.35. The Balaban J connectivity index is 2.37. The molecule has 0 atom stereocenters. The zero-order chi connectivity index (χ0) is 14.7. The summed E-state index contributed by atoms with van der Waals surface area (Å²) in [5.74, 6) is -0.110. The number of anilines is 1. The molecule has 0 aliphatic carbocycles. The molecule has 104 valence electrons. The fourth-order valence-electron chi connectivity index (χ4n) is 1.74. The molecular formula is C14H15N3O3. The number of nitrogens with one attached hydrogen (secondary N) is 1. The summed E-state index contributed by atoms with van der Waals surface area (Å²) in [5, 5.41) is 2.75. The standard InChI is InChI=1S/C14H15N3O3/c1-9-4-5-15-7-11(9)16-14(19)10-8-17(2)13(18)6-12(10)20-3/h4-8H,1-3H3,(H,16,19). The van der Waals surface area contributed by atoms with Crippen molar-refractivity contribution in [1.29, 1.82) is 0 Å². The second kappa shape index (κ2) is 5.56. The van der Waals surface area contributed by atoms with E-state index in [0.717, 1.165) is 5.56 Å². The molecule has 1 N–H and O–H groups in total. The van der Waals surface area contributed by atoms with E-state index in [0.29, 0.717) is 5.69 Å². The summed E-state index contributed by atoms with van der Waals surface area (Å²) in [7, 11) is 2.99. The van der Waals surface area contributed by atoms with Gasteiger partial charge in [0.15, 0.2) is 0 Å². The predicted molar refractivity (Wildman–Crippen MR) is 75.2 cm³/mol. The molecule has 0 bridgehead atoms. The minimum absolute atomic E-state index is 0.240. The van der Waals surface area contributed by atoms with Crippen molar-refractivity contribution in [2.45, 2.75) is 6.92 Å². The summed E-state index contributed by atoms with van der Waals surface area (Å²) in [6.07, 6.45) is 4.67.